The van der Waals surface area contributed by atoms with Crippen LogP contribution in [0.5, 0.6) is 11.5 Å². The number of rotatable bonds is 8. The van der Waals surface area contributed by atoms with Gasteiger partial charge in [0.05, 0.1) is 19.4 Å². The van der Waals surface area contributed by atoms with Gasteiger partial charge in [-0.25, -0.2) is 4.79 Å². The van der Waals surface area contributed by atoms with E-state index in [0.717, 1.165) is 17.5 Å². The summed E-state index contributed by atoms with van der Waals surface area (Å²) in [4.78, 5) is 23.8. The number of hydrogen-bond donors (Lipinski definition) is 1. The molecule has 0 fully saturated rings. The first-order valence-electron chi connectivity index (χ1n) is 9.69. The minimum absolute atomic E-state index is 0.0333. The third-order valence-corrected chi connectivity index (χ3v) is 5.28. The minimum atomic E-state index is -1.21. The number of aromatic carboxylic acids is 1. The third-order valence-electron chi connectivity index (χ3n) is 5.28. The van der Waals surface area contributed by atoms with Gasteiger partial charge in [-0.2, -0.15) is 0 Å². The number of ether oxygens (including phenoxy) is 3. The summed E-state index contributed by atoms with van der Waals surface area (Å²) in [5.41, 5.74) is 1.89. The summed E-state index contributed by atoms with van der Waals surface area (Å²) in [5.74, 6) is 0.267. The number of aromatic nitrogens is 1. The zero-order valence-corrected chi connectivity index (χ0v) is 17.2. The number of carbonyl (C=O) groups is 1. The van der Waals surface area contributed by atoms with Crippen molar-refractivity contribution < 1.29 is 24.1 Å². The molecule has 0 unspecified atom stereocenters. The number of carboxylic acid groups (broad SMARTS) is 1. The molecule has 0 spiro atoms. The van der Waals surface area contributed by atoms with Crippen LogP contribution in [0.4, 0.5) is 0 Å². The van der Waals surface area contributed by atoms with Gasteiger partial charge in [0, 0.05) is 44.0 Å². The number of carboxylic acids is 1. The van der Waals surface area contributed by atoms with E-state index in [0.29, 0.717) is 36.8 Å². The number of nitrogens with zero attached hydrogens (tertiary/aromatic N) is 1. The van der Waals surface area contributed by atoms with Crippen molar-refractivity contribution >= 4 is 5.97 Å². The van der Waals surface area contributed by atoms with Crippen molar-refractivity contribution in [2.24, 2.45) is 5.92 Å². The highest BCUT2D eigenvalue weighted by Crippen LogP contribution is 2.42. The molecule has 0 saturated carbocycles. The standard InChI is InChI=1S/C22H27NO6/c1-13(2)17-8-14-9-21(29-7-5-6-27-3)20(28-4)10-15(14)18-11-19(24)16(22(25)26)12-23(17)18/h9-13,17H,5-8H2,1-4H3,(H,25,26)/t17-/m1/s1. The lowest BCUT2D eigenvalue weighted by atomic mass is 9.87. The van der Waals surface area contributed by atoms with Crippen molar-refractivity contribution in [3.63, 3.8) is 0 Å². The monoisotopic (exact) mass is 401 g/mol. The van der Waals surface area contributed by atoms with Gasteiger partial charge in [-0.15, -0.1) is 0 Å². The highest BCUT2D eigenvalue weighted by molar-refractivity contribution is 5.87. The van der Waals surface area contributed by atoms with Crippen molar-refractivity contribution in [1.82, 2.24) is 4.57 Å². The molecule has 1 N–H and O–H groups in total. The van der Waals surface area contributed by atoms with Crippen molar-refractivity contribution in [3.05, 3.63) is 45.7 Å². The Hall–Kier alpha value is -2.80. The van der Waals surface area contributed by atoms with Gasteiger partial charge in [-0.05, 0) is 30.0 Å². The molecule has 3 rings (SSSR count). The highest BCUT2D eigenvalue weighted by atomic mass is 16.5. The molecule has 0 bridgehead atoms. The lowest BCUT2D eigenvalue weighted by molar-refractivity contribution is 0.0694. The SMILES string of the molecule is COCCCOc1cc2c(cc1OC)-c1cc(=O)c(C(=O)O)cn1[C@@H](C(C)C)C2. The van der Waals surface area contributed by atoms with Gasteiger partial charge in [-0.1, -0.05) is 13.8 Å². The Labute approximate surface area is 169 Å². The fourth-order valence-corrected chi connectivity index (χ4v) is 3.75. The first kappa shape index (κ1) is 20.9. The van der Waals surface area contributed by atoms with Crippen LogP contribution in [0.3, 0.4) is 0 Å². The van der Waals surface area contributed by atoms with Gasteiger partial charge in [0.1, 0.15) is 5.56 Å². The summed E-state index contributed by atoms with van der Waals surface area (Å²) in [6, 6.07) is 5.28. The van der Waals surface area contributed by atoms with E-state index < -0.39 is 11.4 Å². The lowest BCUT2D eigenvalue weighted by Gasteiger charge is -2.33. The largest absolute Gasteiger partial charge is 0.493 e. The topological polar surface area (TPSA) is 87.0 Å². The zero-order valence-electron chi connectivity index (χ0n) is 17.2. The van der Waals surface area contributed by atoms with Crippen LogP contribution < -0.4 is 14.9 Å². The van der Waals surface area contributed by atoms with Crippen LogP contribution in [-0.2, 0) is 11.2 Å². The van der Waals surface area contributed by atoms with E-state index in [9.17, 15) is 14.7 Å². The molecule has 1 aliphatic rings. The number of benzene rings is 1. The molecule has 1 aliphatic heterocycles. The number of hydrogen-bond acceptors (Lipinski definition) is 5. The molecule has 0 saturated heterocycles. The Balaban J connectivity index is 2.10. The van der Waals surface area contributed by atoms with Crippen LogP contribution in [0.25, 0.3) is 11.3 Å². The van der Waals surface area contributed by atoms with E-state index in [1.54, 1.807) is 14.2 Å². The van der Waals surface area contributed by atoms with E-state index in [1.807, 2.05) is 16.7 Å². The van der Waals surface area contributed by atoms with Crippen molar-refractivity contribution in [3.8, 4) is 22.8 Å². The maximum Gasteiger partial charge on any atom is 0.341 e. The molecule has 0 amide bonds. The Morgan fingerprint density at radius 3 is 2.59 bits per heavy atom. The predicted octanol–water partition coefficient (Wildman–Crippen LogP) is 3.39. The Bertz CT molecular complexity index is 963. The summed E-state index contributed by atoms with van der Waals surface area (Å²) in [6.07, 6.45) is 2.94. The smallest absolute Gasteiger partial charge is 0.341 e. The lowest BCUT2D eigenvalue weighted by Crippen LogP contribution is -2.28. The quantitative estimate of drug-likeness (QED) is 0.683. The molecule has 1 aromatic carbocycles. The van der Waals surface area contributed by atoms with E-state index in [-0.39, 0.29) is 17.5 Å². The molecule has 7 nitrogen and oxygen atoms in total. The van der Waals surface area contributed by atoms with Crippen LogP contribution in [0.15, 0.2) is 29.2 Å². The summed E-state index contributed by atoms with van der Waals surface area (Å²) in [7, 11) is 3.23. The van der Waals surface area contributed by atoms with Gasteiger partial charge in [-0.3, -0.25) is 4.79 Å². The van der Waals surface area contributed by atoms with Gasteiger partial charge in [0.2, 0.25) is 0 Å². The second-order valence-corrected chi connectivity index (χ2v) is 7.52. The molecule has 2 heterocycles. The summed E-state index contributed by atoms with van der Waals surface area (Å²) < 4.78 is 18.4. The fraction of sp³-hybridized carbons (Fsp3) is 0.455. The van der Waals surface area contributed by atoms with Crippen molar-refractivity contribution in [2.45, 2.75) is 32.7 Å². The number of fused-ring (bicyclic) bond motifs is 3. The van der Waals surface area contributed by atoms with Crippen LogP contribution in [0, 0.1) is 5.92 Å². The zero-order chi connectivity index (χ0) is 21.1. The van der Waals surface area contributed by atoms with E-state index in [1.165, 1.54) is 12.3 Å². The average Bonchev–Trinajstić information content (AvgIpc) is 2.69. The molecule has 0 aliphatic carbocycles. The normalized spacial score (nSPS) is 15.0. The summed E-state index contributed by atoms with van der Waals surface area (Å²) in [6.45, 7) is 5.30. The third kappa shape index (κ3) is 4.15. The predicted molar refractivity (Wildman–Crippen MR) is 109 cm³/mol. The second kappa shape index (κ2) is 8.69. The average molecular weight is 401 g/mol. The van der Waals surface area contributed by atoms with Gasteiger partial charge in [0.25, 0.3) is 0 Å². The molecule has 156 valence electrons. The Kier molecular flexibility index (Phi) is 6.27. The summed E-state index contributed by atoms with van der Waals surface area (Å²) >= 11 is 0. The van der Waals surface area contributed by atoms with Gasteiger partial charge in [0.15, 0.2) is 16.9 Å². The maximum absolute atomic E-state index is 12.4. The highest BCUT2D eigenvalue weighted by Gasteiger charge is 2.29. The van der Waals surface area contributed by atoms with Crippen molar-refractivity contribution in [1.29, 1.82) is 0 Å². The molecule has 0 radical (unpaired) electrons. The molecule has 29 heavy (non-hydrogen) atoms. The first-order chi connectivity index (χ1) is 13.9. The van der Waals surface area contributed by atoms with Gasteiger partial charge < -0.3 is 23.9 Å². The van der Waals surface area contributed by atoms with E-state index in [2.05, 4.69) is 13.8 Å². The van der Waals surface area contributed by atoms with Gasteiger partial charge >= 0.3 is 5.97 Å². The molecule has 7 heteroatoms. The molecule has 2 aromatic rings. The Morgan fingerprint density at radius 1 is 1.21 bits per heavy atom. The molecular weight excluding hydrogens is 374 g/mol. The maximum atomic E-state index is 12.4. The second-order valence-electron chi connectivity index (χ2n) is 7.52. The number of pyridine rings is 1. The van der Waals surface area contributed by atoms with E-state index in [4.69, 9.17) is 14.2 Å². The minimum Gasteiger partial charge on any atom is -0.493 e. The molecule has 1 atom stereocenters. The number of methoxy groups -OCH3 is 2. The fourth-order valence-electron chi connectivity index (χ4n) is 3.75. The summed E-state index contributed by atoms with van der Waals surface area (Å²) in [5, 5.41) is 9.37. The molecular formula is C22H27NO6. The Morgan fingerprint density at radius 2 is 1.97 bits per heavy atom. The van der Waals surface area contributed by atoms with Crippen LogP contribution in [0.2, 0.25) is 0 Å². The first-order valence-corrected chi connectivity index (χ1v) is 9.69. The molecule has 1 aromatic heterocycles. The van der Waals surface area contributed by atoms with Crippen LogP contribution >= 0.6 is 0 Å². The van der Waals surface area contributed by atoms with E-state index >= 15 is 0 Å². The van der Waals surface area contributed by atoms with Crippen molar-refractivity contribution in [2.75, 3.05) is 27.4 Å². The van der Waals surface area contributed by atoms with Crippen LogP contribution in [-0.4, -0.2) is 43.1 Å². The van der Waals surface area contributed by atoms with Crippen LogP contribution in [0.1, 0.15) is 42.2 Å².